The van der Waals surface area contributed by atoms with Crippen molar-refractivity contribution in [3.8, 4) is 5.75 Å². The van der Waals surface area contributed by atoms with Crippen molar-refractivity contribution in [2.24, 2.45) is 0 Å². The van der Waals surface area contributed by atoms with E-state index in [-0.39, 0.29) is 18.9 Å². The first-order valence-electron chi connectivity index (χ1n) is 7.91. The SMILES string of the molecule is O=C(CCc1nc2ccccc2o1)NNC(=O)COc1ccccc1Cl. The fourth-order valence-electron chi connectivity index (χ4n) is 2.19. The van der Waals surface area contributed by atoms with Crippen LogP contribution >= 0.6 is 11.6 Å². The predicted octanol–water partition coefficient (Wildman–Crippen LogP) is 2.64. The van der Waals surface area contributed by atoms with E-state index >= 15 is 0 Å². The minimum atomic E-state index is -0.500. The smallest absolute Gasteiger partial charge is 0.276 e. The lowest BCUT2D eigenvalue weighted by molar-refractivity contribution is -0.130. The Bertz CT molecular complexity index is 892. The number of ether oxygens (including phenoxy) is 1. The Hall–Kier alpha value is -3.06. The second kappa shape index (κ2) is 8.35. The first kappa shape index (κ1) is 17.8. The number of hydrazine groups is 1. The third-order valence-electron chi connectivity index (χ3n) is 3.44. The van der Waals surface area contributed by atoms with Gasteiger partial charge in [-0.1, -0.05) is 35.9 Å². The molecule has 0 saturated carbocycles. The van der Waals surface area contributed by atoms with E-state index in [9.17, 15) is 9.59 Å². The number of benzene rings is 2. The zero-order chi connectivity index (χ0) is 18.4. The normalized spacial score (nSPS) is 10.5. The summed E-state index contributed by atoms with van der Waals surface area (Å²) < 4.78 is 10.8. The van der Waals surface area contributed by atoms with Gasteiger partial charge in [-0.25, -0.2) is 4.98 Å². The van der Waals surface area contributed by atoms with Crippen LogP contribution in [0, 0.1) is 0 Å². The highest BCUT2D eigenvalue weighted by molar-refractivity contribution is 6.32. The molecule has 1 heterocycles. The number of hydrogen-bond acceptors (Lipinski definition) is 5. The number of carbonyl (C=O) groups excluding carboxylic acids is 2. The van der Waals surface area contributed by atoms with Gasteiger partial charge in [0.1, 0.15) is 11.3 Å². The molecule has 0 aliphatic carbocycles. The van der Waals surface area contributed by atoms with Gasteiger partial charge in [-0.2, -0.15) is 0 Å². The molecule has 26 heavy (non-hydrogen) atoms. The van der Waals surface area contributed by atoms with Crippen LogP contribution in [0.5, 0.6) is 5.75 Å². The van der Waals surface area contributed by atoms with Crippen molar-refractivity contribution in [2.75, 3.05) is 6.61 Å². The van der Waals surface area contributed by atoms with E-state index in [1.54, 1.807) is 24.3 Å². The van der Waals surface area contributed by atoms with Gasteiger partial charge in [0.15, 0.2) is 18.1 Å². The van der Waals surface area contributed by atoms with E-state index in [0.29, 0.717) is 28.7 Å². The van der Waals surface area contributed by atoms with Gasteiger partial charge < -0.3 is 9.15 Å². The van der Waals surface area contributed by atoms with Crippen LogP contribution in [0.3, 0.4) is 0 Å². The number of hydrogen-bond donors (Lipinski definition) is 2. The molecule has 2 amide bonds. The second-order valence-corrected chi connectivity index (χ2v) is 5.80. The third-order valence-corrected chi connectivity index (χ3v) is 3.75. The minimum absolute atomic E-state index is 0.123. The number of halogens is 1. The van der Waals surface area contributed by atoms with Crippen LogP contribution in [0.1, 0.15) is 12.3 Å². The first-order chi connectivity index (χ1) is 12.6. The molecule has 3 rings (SSSR count). The van der Waals surface area contributed by atoms with Crippen LogP contribution in [0.2, 0.25) is 5.02 Å². The van der Waals surface area contributed by atoms with Crippen molar-refractivity contribution in [1.82, 2.24) is 15.8 Å². The standard InChI is InChI=1S/C18H16ClN3O4/c19-12-5-1-3-7-14(12)25-11-17(24)22-21-16(23)9-10-18-20-13-6-2-4-8-15(13)26-18/h1-8H,9-11H2,(H,21,23)(H,22,24). The molecule has 1 aromatic heterocycles. The number of amides is 2. The molecule has 0 spiro atoms. The molecule has 0 radical (unpaired) electrons. The molecule has 8 heteroatoms. The third kappa shape index (κ3) is 4.73. The van der Waals surface area contributed by atoms with Crippen LogP contribution in [0.25, 0.3) is 11.1 Å². The second-order valence-electron chi connectivity index (χ2n) is 5.39. The predicted molar refractivity (Wildman–Crippen MR) is 95.6 cm³/mol. The summed E-state index contributed by atoms with van der Waals surface area (Å²) in [5.41, 5.74) is 6.01. The molecular formula is C18H16ClN3O4. The number of fused-ring (bicyclic) bond motifs is 1. The fourth-order valence-corrected chi connectivity index (χ4v) is 2.38. The maximum Gasteiger partial charge on any atom is 0.276 e. The number of oxazole rings is 1. The summed E-state index contributed by atoms with van der Waals surface area (Å²) >= 11 is 5.92. The summed E-state index contributed by atoms with van der Waals surface area (Å²) in [7, 11) is 0. The number of aromatic nitrogens is 1. The Balaban J connectivity index is 1.39. The molecule has 3 aromatic rings. The topological polar surface area (TPSA) is 93.5 Å². The summed E-state index contributed by atoms with van der Waals surface area (Å²) in [5, 5.41) is 0.405. The summed E-state index contributed by atoms with van der Waals surface area (Å²) in [5.74, 6) is -0.000172. The van der Waals surface area contributed by atoms with Crippen molar-refractivity contribution in [3.05, 3.63) is 59.4 Å². The number of para-hydroxylation sites is 3. The Morgan fingerprint density at radius 2 is 1.77 bits per heavy atom. The molecule has 0 aliphatic rings. The van der Waals surface area contributed by atoms with Crippen LogP contribution in [-0.4, -0.2) is 23.4 Å². The number of nitrogens with zero attached hydrogens (tertiary/aromatic N) is 1. The van der Waals surface area contributed by atoms with Gasteiger partial charge in [0.2, 0.25) is 5.91 Å². The molecular weight excluding hydrogens is 358 g/mol. The Labute approximate surface area is 154 Å². The summed E-state index contributed by atoms with van der Waals surface area (Å²) in [6.45, 7) is -0.269. The van der Waals surface area contributed by atoms with Gasteiger partial charge in [0.05, 0.1) is 5.02 Å². The van der Waals surface area contributed by atoms with Crippen molar-refractivity contribution < 1.29 is 18.7 Å². The number of nitrogens with one attached hydrogen (secondary N) is 2. The van der Waals surface area contributed by atoms with E-state index in [1.807, 2.05) is 24.3 Å². The van der Waals surface area contributed by atoms with Crippen molar-refractivity contribution >= 4 is 34.5 Å². The van der Waals surface area contributed by atoms with E-state index in [1.165, 1.54) is 0 Å². The van der Waals surface area contributed by atoms with Gasteiger partial charge in [-0.15, -0.1) is 0 Å². The molecule has 0 atom stereocenters. The minimum Gasteiger partial charge on any atom is -0.482 e. The number of rotatable bonds is 6. The maximum absolute atomic E-state index is 11.8. The molecule has 0 bridgehead atoms. The van der Waals surface area contributed by atoms with Gasteiger partial charge in [-0.05, 0) is 24.3 Å². The molecule has 0 fully saturated rings. The lowest BCUT2D eigenvalue weighted by atomic mass is 10.3. The highest BCUT2D eigenvalue weighted by Gasteiger charge is 2.10. The van der Waals surface area contributed by atoms with Crippen LogP contribution in [0.4, 0.5) is 0 Å². The highest BCUT2D eigenvalue weighted by atomic mass is 35.5. The molecule has 0 unspecified atom stereocenters. The lowest BCUT2D eigenvalue weighted by Crippen LogP contribution is -2.43. The van der Waals surface area contributed by atoms with E-state index in [2.05, 4.69) is 15.8 Å². The number of aryl methyl sites for hydroxylation is 1. The van der Waals surface area contributed by atoms with Crippen molar-refractivity contribution in [1.29, 1.82) is 0 Å². The van der Waals surface area contributed by atoms with E-state index in [4.69, 9.17) is 20.8 Å². The first-order valence-corrected chi connectivity index (χ1v) is 8.29. The summed E-state index contributed by atoms with van der Waals surface area (Å²) in [4.78, 5) is 27.8. The van der Waals surface area contributed by atoms with Gasteiger partial charge in [-0.3, -0.25) is 20.4 Å². The van der Waals surface area contributed by atoms with E-state index in [0.717, 1.165) is 5.52 Å². The largest absolute Gasteiger partial charge is 0.482 e. The van der Waals surface area contributed by atoms with Crippen LogP contribution in [-0.2, 0) is 16.0 Å². The summed E-state index contributed by atoms with van der Waals surface area (Å²) in [6.07, 6.45) is 0.449. The molecule has 2 aromatic carbocycles. The van der Waals surface area contributed by atoms with Crippen LogP contribution < -0.4 is 15.6 Å². The van der Waals surface area contributed by atoms with E-state index < -0.39 is 5.91 Å². The monoisotopic (exact) mass is 373 g/mol. The zero-order valence-corrected chi connectivity index (χ0v) is 14.5. The van der Waals surface area contributed by atoms with Gasteiger partial charge in [0, 0.05) is 12.8 Å². The zero-order valence-electron chi connectivity index (χ0n) is 13.7. The maximum atomic E-state index is 11.8. The average Bonchev–Trinajstić information content (AvgIpc) is 3.07. The van der Waals surface area contributed by atoms with Crippen molar-refractivity contribution in [2.45, 2.75) is 12.8 Å². The lowest BCUT2D eigenvalue weighted by Gasteiger charge is -2.09. The quantitative estimate of drug-likeness (QED) is 0.648. The molecule has 134 valence electrons. The molecule has 0 aliphatic heterocycles. The van der Waals surface area contributed by atoms with Crippen LogP contribution in [0.15, 0.2) is 52.9 Å². The Morgan fingerprint density at radius 3 is 2.58 bits per heavy atom. The Morgan fingerprint density at radius 1 is 1.04 bits per heavy atom. The number of carbonyl (C=O) groups is 2. The van der Waals surface area contributed by atoms with Crippen molar-refractivity contribution in [3.63, 3.8) is 0 Å². The molecule has 7 nitrogen and oxygen atoms in total. The molecule has 2 N–H and O–H groups in total. The van der Waals surface area contributed by atoms with Gasteiger partial charge in [0.25, 0.3) is 5.91 Å². The van der Waals surface area contributed by atoms with Gasteiger partial charge >= 0.3 is 0 Å². The fraction of sp³-hybridized carbons (Fsp3) is 0.167. The highest BCUT2D eigenvalue weighted by Crippen LogP contribution is 2.22. The molecule has 0 saturated heterocycles. The Kier molecular flexibility index (Phi) is 5.70. The summed E-state index contributed by atoms with van der Waals surface area (Å²) in [6, 6.07) is 14.2. The average molecular weight is 374 g/mol.